The van der Waals surface area contributed by atoms with E-state index in [1.807, 2.05) is 0 Å². The van der Waals surface area contributed by atoms with Gasteiger partial charge in [0.15, 0.2) is 11.4 Å². The third kappa shape index (κ3) is 5.44. The lowest BCUT2D eigenvalue weighted by atomic mass is 10.1. The molecule has 0 unspecified atom stereocenters. The second kappa shape index (κ2) is 7.09. The van der Waals surface area contributed by atoms with Gasteiger partial charge in [0, 0.05) is 0 Å². The minimum Gasteiger partial charge on any atom is -0.456 e. The van der Waals surface area contributed by atoms with Gasteiger partial charge in [-0.1, -0.05) is 11.8 Å². The average molecular weight is 309 g/mol. The molecule has 5 nitrogen and oxygen atoms in total. The Bertz CT molecular complexity index is 603. The Kier molecular flexibility index (Phi) is 5.73. The van der Waals surface area contributed by atoms with Gasteiger partial charge in [0.2, 0.25) is 0 Å². The second-order valence-corrected chi connectivity index (χ2v) is 5.82. The molecule has 0 saturated carbocycles. The summed E-state index contributed by atoms with van der Waals surface area (Å²) in [5.41, 5.74) is -0.477. The Morgan fingerprint density at radius 1 is 1.48 bits per heavy atom. The smallest absolute Gasteiger partial charge is 0.338 e. The number of nitrogens with zero attached hydrogens (tertiary/aromatic N) is 2. The number of hydrogen-bond acceptors (Lipinski definition) is 5. The van der Waals surface area contributed by atoms with Gasteiger partial charge < -0.3 is 4.74 Å². The highest BCUT2D eigenvalue weighted by atomic mass is 32.2. The van der Waals surface area contributed by atoms with Crippen LogP contribution in [0.15, 0.2) is 23.2 Å². The Morgan fingerprint density at radius 3 is 2.67 bits per heavy atom. The van der Waals surface area contributed by atoms with Gasteiger partial charge in [0.25, 0.3) is 0 Å². The van der Waals surface area contributed by atoms with E-state index in [-0.39, 0.29) is 16.4 Å². The van der Waals surface area contributed by atoms with E-state index in [1.54, 1.807) is 33.2 Å². The van der Waals surface area contributed by atoms with E-state index in [2.05, 4.69) is 10.3 Å². The zero-order chi connectivity index (χ0) is 16.0. The molecule has 0 aromatic heterocycles. The Morgan fingerprint density at radius 2 is 2.14 bits per heavy atom. The van der Waals surface area contributed by atoms with E-state index in [9.17, 15) is 9.18 Å². The van der Waals surface area contributed by atoms with Gasteiger partial charge in [-0.05, 0) is 45.2 Å². The number of hydrogen-bond donors (Lipinski definition) is 1. The monoisotopic (exact) mass is 309 g/mol. The first-order valence-corrected chi connectivity index (χ1v) is 7.30. The molecule has 0 amide bonds. The van der Waals surface area contributed by atoms with E-state index in [0.717, 1.165) is 17.8 Å². The number of rotatable bonds is 2. The maximum Gasteiger partial charge on any atom is 0.338 e. The molecule has 1 rings (SSSR count). The summed E-state index contributed by atoms with van der Waals surface area (Å²) in [5.74, 6) is -1.15. The molecule has 112 valence electrons. The molecule has 0 bridgehead atoms. The number of nitriles is 1. The molecule has 0 aliphatic carbocycles. The van der Waals surface area contributed by atoms with Crippen LogP contribution < -0.4 is 5.32 Å². The molecule has 1 aromatic rings. The summed E-state index contributed by atoms with van der Waals surface area (Å²) >= 11 is 1.16. The van der Waals surface area contributed by atoms with Gasteiger partial charge >= 0.3 is 5.97 Å². The van der Waals surface area contributed by atoms with Gasteiger partial charge in [0.05, 0.1) is 5.56 Å². The van der Waals surface area contributed by atoms with Crippen molar-refractivity contribution >= 4 is 28.6 Å². The first-order valence-electron chi connectivity index (χ1n) is 6.07. The van der Waals surface area contributed by atoms with Crippen LogP contribution in [0.5, 0.6) is 0 Å². The first-order chi connectivity index (χ1) is 9.76. The van der Waals surface area contributed by atoms with E-state index >= 15 is 0 Å². The number of esters is 1. The number of thioether (sulfide) groups is 1. The standard InChI is InChI=1S/C14H16FN3O2S/c1-14(2,3)20-12(19)9-5-6-10(15)11(7-9)18-13(21-4)17-8-16/h5-7H,1-4H3,(H,17,18). The molecule has 0 heterocycles. The minimum atomic E-state index is -0.637. The predicted octanol–water partition coefficient (Wildman–Crippen LogP) is 3.20. The number of carbonyl (C=O) groups excluding carboxylic acids is 1. The second-order valence-electron chi connectivity index (χ2n) is 5.03. The van der Waals surface area contributed by atoms with Crippen molar-refractivity contribution in [2.75, 3.05) is 6.26 Å². The van der Waals surface area contributed by atoms with Gasteiger partial charge in [-0.15, -0.1) is 0 Å². The Hall–Kier alpha value is -2.07. The normalized spacial score (nSPS) is 11.7. The fraction of sp³-hybridized carbons (Fsp3) is 0.357. The molecule has 0 saturated heterocycles. The summed E-state index contributed by atoms with van der Waals surface area (Å²) < 4.78 is 18.9. The van der Waals surface area contributed by atoms with Crippen LogP contribution in [0.25, 0.3) is 0 Å². The summed E-state index contributed by atoms with van der Waals surface area (Å²) in [6.45, 7) is 5.24. The highest BCUT2D eigenvalue weighted by Gasteiger charge is 2.19. The largest absolute Gasteiger partial charge is 0.456 e. The number of amidine groups is 1. The Labute approximate surface area is 127 Å². The fourth-order valence-corrected chi connectivity index (χ4v) is 1.68. The van der Waals surface area contributed by atoms with Crippen LogP contribution >= 0.6 is 11.8 Å². The quantitative estimate of drug-likeness (QED) is 0.298. The summed E-state index contributed by atoms with van der Waals surface area (Å²) in [5, 5.41) is 11.1. The van der Waals surface area contributed by atoms with Crippen molar-refractivity contribution in [1.29, 1.82) is 5.26 Å². The lowest BCUT2D eigenvalue weighted by Gasteiger charge is -2.19. The third-order valence-electron chi connectivity index (χ3n) is 2.16. The number of ether oxygens (including phenoxy) is 1. The molecule has 1 N–H and O–H groups in total. The van der Waals surface area contributed by atoms with Crippen LogP contribution in [0.4, 0.5) is 10.1 Å². The molecule has 0 spiro atoms. The van der Waals surface area contributed by atoms with Crippen molar-refractivity contribution in [3.8, 4) is 6.19 Å². The maximum atomic E-state index is 13.7. The lowest BCUT2D eigenvalue weighted by molar-refractivity contribution is 0.00695. The molecule has 21 heavy (non-hydrogen) atoms. The van der Waals surface area contributed by atoms with Crippen LogP contribution in [0, 0.1) is 17.3 Å². The summed E-state index contributed by atoms with van der Waals surface area (Å²) in [4.78, 5) is 15.9. The number of carbonyl (C=O) groups is 1. The zero-order valence-corrected chi connectivity index (χ0v) is 13.0. The van der Waals surface area contributed by atoms with Crippen molar-refractivity contribution in [3.05, 3.63) is 29.6 Å². The first kappa shape index (κ1) is 17.0. The van der Waals surface area contributed by atoms with Crippen molar-refractivity contribution in [2.45, 2.75) is 26.4 Å². The molecule has 0 atom stereocenters. The highest BCUT2D eigenvalue weighted by molar-refractivity contribution is 8.13. The third-order valence-corrected chi connectivity index (χ3v) is 2.74. The van der Waals surface area contributed by atoms with Crippen molar-refractivity contribution in [2.24, 2.45) is 4.99 Å². The topological polar surface area (TPSA) is 74.5 Å². The number of halogens is 1. The zero-order valence-electron chi connectivity index (χ0n) is 12.2. The molecule has 0 radical (unpaired) electrons. The summed E-state index contributed by atoms with van der Waals surface area (Å²) in [7, 11) is 0. The van der Waals surface area contributed by atoms with Crippen LogP contribution in [-0.4, -0.2) is 23.0 Å². The number of nitrogens with one attached hydrogen (secondary N) is 1. The van der Waals surface area contributed by atoms with Crippen LogP contribution in [0.3, 0.4) is 0 Å². The van der Waals surface area contributed by atoms with Gasteiger partial charge in [0.1, 0.15) is 17.1 Å². The van der Waals surface area contributed by atoms with Crippen LogP contribution in [-0.2, 0) is 4.74 Å². The molecule has 0 aliphatic heterocycles. The Balaban J connectivity index is 3.11. The van der Waals surface area contributed by atoms with E-state index < -0.39 is 17.4 Å². The predicted molar refractivity (Wildman–Crippen MR) is 80.9 cm³/mol. The lowest BCUT2D eigenvalue weighted by Crippen LogP contribution is -2.23. The van der Waals surface area contributed by atoms with Crippen molar-refractivity contribution < 1.29 is 13.9 Å². The average Bonchev–Trinajstić information content (AvgIpc) is 2.38. The number of benzene rings is 1. The van der Waals surface area contributed by atoms with E-state index in [1.165, 1.54) is 12.1 Å². The van der Waals surface area contributed by atoms with Crippen LogP contribution in [0.2, 0.25) is 0 Å². The molecule has 0 fully saturated rings. The number of aliphatic imine (C=N–C) groups is 1. The maximum absolute atomic E-state index is 13.7. The van der Waals surface area contributed by atoms with Gasteiger partial charge in [-0.25, -0.2) is 14.2 Å². The molecule has 7 heteroatoms. The molecular formula is C14H16FN3O2S. The van der Waals surface area contributed by atoms with E-state index in [4.69, 9.17) is 10.00 Å². The SMILES string of the molecule is CSC(=Nc1cc(C(=O)OC(C)(C)C)ccc1F)NC#N. The minimum absolute atomic E-state index is 0.0366. The highest BCUT2D eigenvalue weighted by Crippen LogP contribution is 2.22. The molecular weight excluding hydrogens is 293 g/mol. The van der Waals surface area contributed by atoms with Crippen LogP contribution in [0.1, 0.15) is 31.1 Å². The van der Waals surface area contributed by atoms with E-state index in [0.29, 0.717) is 0 Å². The fourth-order valence-electron chi connectivity index (χ4n) is 1.34. The van der Waals surface area contributed by atoms with Crippen molar-refractivity contribution in [3.63, 3.8) is 0 Å². The molecule has 0 aliphatic rings. The summed E-state index contributed by atoms with van der Waals surface area (Å²) in [6, 6.07) is 3.76. The van der Waals surface area contributed by atoms with Gasteiger partial charge in [-0.2, -0.15) is 5.26 Å². The molecule has 1 aromatic carbocycles. The summed E-state index contributed by atoms with van der Waals surface area (Å²) in [6.07, 6.45) is 3.40. The van der Waals surface area contributed by atoms with Gasteiger partial charge in [-0.3, -0.25) is 5.32 Å². The van der Waals surface area contributed by atoms with Crippen molar-refractivity contribution in [1.82, 2.24) is 5.32 Å².